The molecule has 3 atom stereocenters. The van der Waals surface area contributed by atoms with Crippen molar-refractivity contribution in [2.75, 3.05) is 19.7 Å². The van der Waals surface area contributed by atoms with Gasteiger partial charge in [0.05, 0.1) is 24.9 Å². The van der Waals surface area contributed by atoms with Crippen LogP contribution in [0, 0.1) is 17.8 Å². The number of nitrogens with zero attached hydrogens (tertiary/aromatic N) is 4. The summed E-state index contributed by atoms with van der Waals surface area (Å²) in [5.74, 6) is 6.88. The molecule has 2 amide bonds. The molecule has 3 heterocycles. The molecule has 7 heteroatoms. The van der Waals surface area contributed by atoms with Crippen LogP contribution in [0.5, 0.6) is 0 Å². The van der Waals surface area contributed by atoms with E-state index >= 15 is 0 Å². The lowest BCUT2D eigenvalue weighted by Gasteiger charge is -2.58. The van der Waals surface area contributed by atoms with E-state index < -0.39 is 0 Å². The van der Waals surface area contributed by atoms with Crippen LogP contribution in [0.15, 0.2) is 42.9 Å². The maximum atomic E-state index is 12.8. The number of aliphatic hydroxyl groups is 1. The molecule has 3 fully saturated rings. The number of aliphatic hydroxyl groups excluding tert-OH is 1. The lowest BCUT2D eigenvalue weighted by Crippen LogP contribution is -2.73. The van der Waals surface area contributed by atoms with Gasteiger partial charge in [0, 0.05) is 36.8 Å². The van der Waals surface area contributed by atoms with E-state index in [0.29, 0.717) is 6.54 Å². The highest BCUT2D eigenvalue weighted by atomic mass is 16.3. The van der Waals surface area contributed by atoms with Crippen molar-refractivity contribution in [3.05, 3.63) is 59.7 Å². The predicted octanol–water partition coefficient (Wildman–Crippen LogP) is 2.22. The Balaban J connectivity index is 1.30. The van der Waals surface area contributed by atoms with E-state index in [4.69, 9.17) is 0 Å². The van der Waals surface area contributed by atoms with Crippen molar-refractivity contribution in [2.24, 2.45) is 5.92 Å². The highest BCUT2D eigenvalue weighted by molar-refractivity contribution is 5.96. The molecular formula is C26H28N4O3. The SMILES string of the molecule is O=C(c1cnccn1)N1CC(=O)N2[C@H](C1)[C@H](c1ccc(C#CCC3CCCC3)cc1)[C@@H]2CO. The Kier molecular flexibility index (Phi) is 6.10. The third kappa shape index (κ3) is 4.23. The topological polar surface area (TPSA) is 86.6 Å². The lowest BCUT2D eigenvalue weighted by molar-refractivity contribution is -0.159. The fraction of sp³-hybridized carbons (Fsp3) is 0.462. The van der Waals surface area contributed by atoms with Gasteiger partial charge in [-0.1, -0.05) is 36.8 Å². The minimum atomic E-state index is -0.296. The van der Waals surface area contributed by atoms with Gasteiger partial charge in [0.1, 0.15) is 12.2 Å². The van der Waals surface area contributed by atoms with Gasteiger partial charge in [0.2, 0.25) is 5.91 Å². The molecule has 0 spiro atoms. The smallest absolute Gasteiger partial charge is 0.274 e. The van der Waals surface area contributed by atoms with E-state index in [1.54, 1.807) is 4.90 Å². The molecule has 170 valence electrons. The number of benzene rings is 1. The van der Waals surface area contributed by atoms with Crippen molar-refractivity contribution < 1.29 is 14.7 Å². The van der Waals surface area contributed by atoms with Gasteiger partial charge in [-0.15, -0.1) is 0 Å². The van der Waals surface area contributed by atoms with E-state index in [0.717, 1.165) is 23.5 Å². The first kappa shape index (κ1) is 21.6. The Morgan fingerprint density at radius 2 is 1.94 bits per heavy atom. The minimum Gasteiger partial charge on any atom is -0.394 e. The number of piperazine rings is 1. The predicted molar refractivity (Wildman–Crippen MR) is 122 cm³/mol. The first-order valence-corrected chi connectivity index (χ1v) is 11.7. The Bertz CT molecular complexity index is 1070. The summed E-state index contributed by atoms with van der Waals surface area (Å²) in [6.45, 7) is 0.296. The molecule has 3 aliphatic rings. The fourth-order valence-electron chi connectivity index (χ4n) is 5.53. The van der Waals surface area contributed by atoms with E-state index in [2.05, 4.69) is 21.8 Å². The summed E-state index contributed by atoms with van der Waals surface area (Å²) in [5, 5.41) is 9.99. The summed E-state index contributed by atoms with van der Waals surface area (Å²) in [4.78, 5) is 37.0. The third-order valence-corrected chi connectivity index (χ3v) is 7.22. The summed E-state index contributed by atoms with van der Waals surface area (Å²) in [5.41, 5.74) is 2.26. The average molecular weight is 445 g/mol. The van der Waals surface area contributed by atoms with Crippen LogP contribution in [-0.4, -0.2) is 68.5 Å². The average Bonchev–Trinajstić information content (AvgIpc) is 3.35. The van der Waals surface area contributed by atoms with Crippen molar-refractivity contribution in [3.8, 4) is 11.8 Å². The Hall–Kier alpha value is -3.24. The molecule has 7 nitrogen and oxygen atoms in total. The Morgan fingerprint density at radius 3 is 2.64 bits per heavy atom. The molecule has 1 aromatic heterocycles. The maximum absolute atomic E-state index is 12.8. The van der Waals surface area contributed by atoms with Crippen LogP contribution in [0.1, 0.15) is 59.6 Å². The molecule has 0 bridgehead atoms. The summed E-state index contributed by atoms with van der Waals surface area (Å²) in [6.07, 6.45) is 10.6. The van der Waals surface area contributed by atoms with Gasteiger partial charge >= 0.3 is 0 Å². The lowest BCUT2D eigenvalue weighted by atomic mass is 9.73. The first-order chi connectivity index (χ1) is 16.2. The standard InChI is InChI=1S/C26H28N4O3/c31-17-23-25(20-10-8-19(9-11-20)7-3-6-18-4-1-2-5-18)22-15-29(16-24(32)30(22)23)26(33)21-14-27-12-13-28-21/h8-14,18,22-23,25,31H,1-2,4-6,15-17H2/t22-,23+,25+/m1/s1. The molecule has 2 aliphatic heterocycles. The quantitative estimate of drug-likeness (QED) is 0.731. The van der Waals surface area contributed by atoms with Gasteiger partial charge in [-0.2, -0.15) is 0 Å². The van der Waals surface area contributed by atoms with Crippen LogP contribution >= 0.6 is 0 Å². The number of hydrogen-bond donors (Lipinski definition) is 1. The van der Waals surface area contributed by atoms with Gasteiger partial charge in [-0.05, 0) is 36.5 Å². The van der Waals surface area contributed by atoms with Crippen LogP contribution in [0.2, 0.25) is 0 Å². The summed E-state index contributed by atoms with van der Waals surface area (Å²) in [7, 11) is 0. The minimum absolute atomic E-state index is 0.00928. The maximum Gasteiger partial charge on any atom is 0.274 e. The Labute approximate surface area is 193 Å². The normalized spacial score (nSPS) is 24.6. The highest BCUT2D eigenvalue weighted by Crippen LogP contribution is 2.43. The molecule has 2 saturated heterocycles. The molecule has 1 aromatic carbocycles. The number of carbonyl (C=O) groups excluding carboxylic acids is 2. The number of amides is 2. The second-order valence-electron chi connectivity index (χ2n) is 9.20. The zero-order valence-electron chi connectivity index (χ0n) is 18.6. The Morgan fingerprint density at radius 1 is 1.15 bits per heavy atom. The molecule has 33 heavy (non-hydrogen) atoms. The molecule has 5 rings (SSSR count). The second kappa shape index (κ2) is 9.32. The molecule has 0 unspecified atom stereocenters. The summed E-state index contributed by atoms with van der Waals surface area (Å²) in [6, 6.07) is 7.68. The molecule has 1 aliphatic carbocycles. The van der Waals surface area contributed by atoms with Crippen LogP contribution in [-0.2, 0) is 4.79 Å². The molecule has 1 saturated carbocycles. The number of rotatable bonds is 4. The fourth-order valence-corrected chi connectivity index (χ4v) is 5.53. The molecule has 2 aromatic rings. The number of hydrogen-bond acceptors (Lipinski definition) is 5. The summed E-state index contributed by atoms with van der Waals surface area (Å²) < 4.78 is 0. The van der Waals surface area contributed by atoms with Crippen LogP contribution in [0.3, 0.4) is 0 Å². The van der Waals surface area contributed by atoms with Gasteiger partial charge in [-0.3, -0.25) is 14.6 Å². The molecular weight excluding hydrogens is 416 g/mol. The van der Waals surface area contributed by atoms with Crippen molar-refractivity contribution in [1.29, 1.82) is 0 Å². The van der Waals surface area contributed by atoms with Crippen molar-refractivity contribution in [2.45, 2.75) is 50.1 Å². The van der Waals surface area contributed by atoms with Crippen molar-refractivity contribution in [3.63, 3.8) is 0 Å². The highest BCUT2D eigenvalue weighted by Gasteiger charge is 2.54. The monoisotopic (exact) mass is 444 g/mol. The first-order valence-electron chi connectivity index (χ1n) is 11.7. The van der Waals surface area contributed by atoms with Gasteiger partial charge in [0.25, 0.3) is 5.91 Å². The second-order valence-corrected chi connectivity index (χ2v) is 9.20. The number of fused-ring (bicyclic) bond motifs is 1. The molecule has 0 radical (unpaired) electrons. The number of carbonyl (C=O) groups is 2. The van der Waals surface area contributed by atoms with E-state index in [-0.39, 0.29) is 48.7 Å². The van der Waals surface area contributed by atoms with E-state index in [1.807, 2.05) is 24.3 Å². The zero-order valence-corrected chi connectivity index (χ0v) is 18.6. The van der Waals surface area contributed by atoms with Gasteiger partial charge in [0.15, 0.2) is 0 Å². The van der Waals surface area contributed by atoms with Crippen LogP contribution in [0.4, 0.5) is 0 Å². The van der Waals surface area contributed by atoms with Crippen LogP contribution in [0.25, 0.3) is 0 Å². The zero-order chi connectivity index (χ0) is 22.8. The van der Waals surface area contributed by atoms with Gasteiger partial charge in [-0.25, -0.2) is 4.98 Å². The largest absolute Gasteiger partial charge is 0.394 e. The van der Waals surface area contributed by atoms with Crippen molar-refractivity contribution >= 4 is 11.8 Å². The number of aromatic nitrogens is 2. The van der Waals surface area contributed by atoms with Crippen molar-refractivity contribution in [1.82, 2.24) is 19.8 Å². The van der Waals surface area contributed by atoms with Gasteiger partial charge < -0.3 is 14.9 Å². The van der Waals surface area contributed by atoms with E-state index in [1.165, 1.54) is 49.2 Å². The molecule has 1 N–H and O–H groups in total. The third-order valence-electron chi connectivity index (χ3n) is 7.22. The summed E-state index contributed by atoms with van der Waals surface area (Å²) >= 11 is 0. The van der Waals surface area contributed by atoms with Crippen LogP contribution < -0.4 is 0 Å². The van der Waals surface area contributed by atoms with E-state index in [9.17, 15) is 14.7 Å².